The van der Waals surface area contributed by atoms with Gasteiger partial charge >= 0.3 is 0 Å². The third-order valence-electron chi connectivity index (χ3n) is 9.01. The van der Waals surface area contributed by atoms with Crippen molar-refractivity contribution in [1.82, 2.24) is 14.1 Å². The smallest absolute Gasteiger partial charge is 0.269 e. The summed E-state index contributed by atoms with van der Waals surface area (Å²) in [6.07, 6.45) is 5.52. The number of ether oxygens (including phenoxy) is 1. The van der Waals surface area contributed by atoms with E-state index in [1.54, 1.807) is 0 Å². The molecule has 0 atom stereocenters. The monoisotopic (exact) mass is 584 g/mol. The number of hydrogen-bond donors (Lipinski definition) is 0. The first-order valence-electron chi connectivity index (χ1n) is 14.9. The van der Waals surface area contributed by atoms with E-state index in [0.717, 1.165) is 39.7 Å². The minimum absolute atomic E-state index is 0.783. The molecule has 0 amide bonds. The molecule has 44 heavy (non-hydrogen) atoms. The van der Waals surface area contributed by atoms with Crippen LogP contribution >= 0.6 is 0 Å². The molecule has 210 valence electrons. The van der Waals surface area contributed by atoms with Crippen LogP contribution in [0.5, 0.6) is 11.5 Å². The summed E-state index contributed by atoms with van der Waals surface area (Å²) < 4.78 is 13.3. The summed E-state index contributed by atoms with van der Waals surface area (Å²) in [5, 5.41) is 5.17. The second-order valence-corrected chi connectivity index (χ2v) is 16.2. The Hall–Kier alpha value is -5.46. The van der Waals surface area contributed by atoms with Gasteiger partial charge in [0.2, 0.25) is 0 Å². The maximum absolute atomic E-state index is 6.63. The number of pyridine rings is 1. The Kier molecular flexibility index (Phi) is 5.28. The first-order valence-corrected chi connectivity index (χ1v) is 17.9. The van der Waals surface area contributed by atoms with Crippen LogP contribution in [0.3, 0.4) is 0 Å². The summed E-state index contributed by atoms with van der Waals surface area (Å²) in [7, 11) is -1.98. The molecule has 3 aromatic heterocycles. The van der Waals surface area contributed by atoms with Gasteiger partial charge in [-0.05, 0) is 65.0 Å². The van der Waals surface area contributed by atoms with Crippen molar-refractivity contribution in [3.8, 4) is 28.7 Å². The zero-order valence-electron chi connectivity index (χ0n) is 24.4. The highest BCUT2D eigenvalue weighted by Crippen LogP contribution is 2.35. The number of hydrogen-bond acceptors (Lipinski definition) is 2. The highest BCUT2D eigenvalue weighted by molar-refractivity contribution is 7.02. The Morgan fingerprint density at radius 2 is 1.45 bits per heavy atom. The van der Waals surface area contributed by atoms with E-state index in [0.29, 0.717) is 0 Å². The van der Waals surface area contributed by atoms with Gasteiger partial charge in [-0.15, -0.1) is 0 Å². The molecule has 0 saturated heterocycles. The molecule has 4 heterocycles. The molecule has 0 N–H and O–H groups in total. The summed E-state index contributed by atoms with van der Waals surface area (Å²) in [5.41, 5.74) is 6.82. The summed E-state index contributed by atoms with van der Waals surface area (Å²) in [6.45, 7) is 4.88. The summed E-state index contributed by atoms with van der Waals surface area (Å²) in [6, 6.07) is 44.6. The fourth-order valence-electron chi connectivity index (χ4n) is 6.92. The number of para-hydroxylation sites is 3. The third kappa shape index (κ3) is 3.58. The molecule has 9 rings (SSSR count). The van der Waals surface area contributed by atoms with Crippen LogP contribution in [0.25, 0.3) is 50.0 Å². The van der Waals surface area contributed by atoms with Gasteiger partial charge < -0.3 is 4.74 Å². The van der Waals surface area contributed by atoms with E-state index >= 15 is 0 Å². The lowest BCUT2D eigenvalue weighted by Gasteiger charge is -2.32. The molecule has 0 radical (unpaired) electrons. The Morgan fingerprint density at radius 3 is 2.32 bits per heavy atom. The lowest BCUT2D eigenvalue weighted by molar-refractivity contribution is -0.572. The van der Waals surface area contributed by atoms with Crippen LogP contribution in [0, 0.1) is 6.33 Å². The molecule has 6 heteroatoms. The van der Waals surface area contributed by atoms with Crippen molar-refractivity contribution in [2.45, 2.75) is 13.1 Å². The quantitative estimate of drug-likeness (QED) is 0.125. The van der Waals surface area contributed by atoms with Gasteiger partial charge in [-0.2, -0.15) is 0 Å². The summed E-state index contributed by atoms with van der Waals surface area (Å²) >= 11 is 0. The average molecular weight is 585 g/mol. The molecule has 0 spiro atoms. The third-order valence-corrected chi connectivity index (χ3v) is 12.5. The molecule has 1 aliphatic heterocycles. The Labute approximate surface area is 255 Å². The lowest BCUT2D eigenvalue weighted by atomic mass is 10.1. The number of nitrogens with zero attached hydrogens (tertiary/aromatic N) is 4. The van der Waals surface area contributed by atoms with Crippen molar-refractivity contribution in [3.63, 3.8) is 0 Å². The lowest BCUT2D eigenvalue weighted by Crippen LogP contribution is -2.57. The number of rotatable bonds is 4. The molecule has 8 aromatic rings. The normalized spacial score (nSPS) is 13.4. The first-order chi connectivity index (χ1) is 21.6. The largest absolute Gasteiger partial charge is 0.458 e. The zero-order chi connectivity index (χ0) is 29.4. The number of fused-ring (bicyclic) bond motifs is 5. The maximum Gasteiger partial charge on any atom is 0.269 e. The van der Waals surface area contributed by atoms with Gasteiger partial charge in [0.05, 0.1) is 33.4 Å². The van der Waals surface area contributed by atoms with Crippen molar-refractivity contribution in [3.05, 3.63) is 140 Å². The van der Waals surface area contributed by atoms with Crippen LogP contribution in [0.1, 0.15) is 0 Å². The highest BCUT2D eigenvalue weighted by Gasteiger charge is 2.36. The van der Waals surface area contributed by atoms with Crippen LogP contribution in [0.4, 0.5) is 0 Å². The van der Waals surface area contributed by atoms with E-state index in [1.807, 2.05) is 24.4 Å². The number of aromatic nitrogens is 4. The van der Waals surface area contributed by atoms with Gasteiger partial charge in [-0.3, -0.25) is 13.7 Å². The Balaban J connectivity index is 1.19. The van der Waals surface area contributed by atoms with Crippen molar-refractivity contribution < 1.29 is 9.30 Å². The molecular formula is C38H28N4OSi. The van der Waals surface area contributed by atoms with Gasteiger partial charge in [-0.1, -0.05) is 79.8 Å². The zero-order valence-corrected chi connectivity index (χ0v) is 25.4. The van der Waals surface area contributed by atoms with Gasteiger partial charge in [0.1, 0.15) is 25.4 Å². The van der Waals surface area contributed by atoms with E-state index in [4.69, 9.17) is 4.74 Å². The van der Waals surface area contributed by atoms with E-state index < -0.39 is 8.07 Å². The minimum atomic E-state index is -1.98. The molecule has 0 bridgehead atoms. The van der Waals surface area contributed by atoms with Crippen LogP contribution in [-0.4, -0.2) is 22.2 Å². The molecule has 0 fully saturated rings. The average Bonchev–Trinajstić information content (AvgIpc) is 3.61. The fourth-order valence-corrected chi connectivity index (χ4v) is 9.88. The second-order valence-electron chi connectivity index (χ2n) is 11.9. The maximum atomic E-state index is 6.63. The van der Waals surface area contributed by atoms with Gasteiger partial charge in [0, 0.05) is 23.0 Å². The predicted molar refractivity (Wildman–Crippen MR) is 179 cm³/mol. The second kappa shape index (κ2) is 9.27. The van der Waals surface area contributed by atoms with Crippen LogP contribution < -0.4 is 19.7 Å². The van der Waals surface area contributed by atoms with E-state index in [2.05, 4.69) is 147 Å². The molecule has 5 nitrogen and oxygen atoms in total. The molecular weight excluding hydrogens is 557 g/mol. The molecule has 0 aliphatic carbocycles. The molecule has 0 unspecified atom stereocenters. The van der Waals surface area contributed by atoms with Gasteiger partial charge in [-0.25, -0.2) is 4.98 Å². The van der Waals surface area contributed by atoms with E-state index in [9.17, 15) is 0 Å². The Morgan fingerprint density at radius 1 is 0.682 bits per heavy atom. The van der Waals surface area contributed by atoms with Crippen molar-refractivity contribution in [2.24, 2.45) is 0 Å². The highest BCUT2D eigenvalue weighted by atomic mass is 28.3. The van der Waals surface area contributed by atoms with E-state index in [1.165, 1.54) is 32.2 Å². The van der Waals surface area contributed by atoms with Crippen LogP contribution in [-0.2, 0) is 0 Å². The van der Waals surface area contributed by atoms with Crippen molar-refractivity contribution in [1.29, 1.82) is 0 Å². The van der Waals surface area contributed by atoms with Crippen molar-refractivity contribution in [2.75, 3.05) is 0 Å². The van der Waals surface area contributed by atoms with Gasteiger partial charge in [0.25, 0.3) is 6.33 Å². The molecule has 0 saturated carbocycles. The van der Waals surface area contributed by atoms with Gasteiger partial charge in [0.15, 0.2) is 0 Å². The van der Waals surface area contributed by atoms with Crippen LogP contribution in [0.2, 0.25) is 13.1 Å². The fraction of sp³-hybridized carbons (Fsp3) is 0.0526. The summed E-state index contributed by atoms with van der Waals surface area (Å²) in [5.74, 6) is 2.47. The topological polar surface area (TPSA) is 35.9 Å². The standard InChI is InChI=1S/C38H28N4OSi/c1-44(2)35-21-19-28(24-34(35)41-25-40(26-11-4-3-5-12-26)32-15-10-16-36(44)38(32)41)43-27-18-20-30-29-13-6-7-14-31(29)42(33(30)23-27)37-17-8-9-22-39-37/h3-24H,1-2H3. The molecule has 1 aliphatic rings. The first kappa shape index (κ1) is 25.1. The minimum Gasteiger partial charge on any atom is -0.458 e. The number of benzene rings is 5. The van der Waals surface area contributed by atoms with Crippen molar-refractivity contribution >= 4 is 51.3 Å². The predicted octanol–water partition coefficient (Wildman–Crippen LogP) is 7.13. The molecule has 5 aromatic carbocycles. The number of imidazole rings is 1. The van der Waals surface area contributed by atoms with E-state index in [-0.39, 0.29) is 0 Å². The SMILES string of the molecule is C[Si]1(C)c2ccc(Oc3ccc4c5ccccc5n(-c5ccccn5)c4c3)cc2-n2[c-][n+](-c3ccccc3)c3cccc1c32. The Bertz CT molecular complexity index is 2390. The van der Waals surface area contributed by atoms with Crippen LogP contribution in [0.15, 0.2) is 134 Å². The summed E-state index contributed by atoms with van der Waals surface area (Å²) in [4.78, 5) is 4.68.